The van der Waals surface area contributed by atoms with Gasteiger partial charge >= 0.3 is 6.18 Å². The van der Waals surface area contributed by atoms with Crippen molar-refractivity contribution in [1.82, 2.24) is 20.6 Å². The number of aromatic amines is 1. The lowest BCUT2D eigenvalue weighted by molar-refractivity contribution is -0.141. The maximum atomic E-state index is 13.6. The number of nitrogens with zero attached hydrogens (tertiary/aromatic N) is 2. The SMILES string of the molecule is C=N/C=C(\C=C(/C)NC(C)(C)C(=O)NCC(F)(F)F)c1c[nH]c2ncc(F)cc12. The molecule has 0 aliphatic rings. The van der Waals surface area contributed by atoms with E-state index in [1.807, 2.05) is 5.32 Å². The van der Waals surface area contributed by atoms with Gasteiger partial charge in [-0.2, -0.15) is 13.2 Å². The summed E-state index contributed by atoms with van der Waals surface area (Å²) in [6, 6.07) is 1.32. The van der Waals surface area contributed by atoms with E-state index in [2.05, 4.69) is 27.0 Å². The topological polar surface area (TPSA) is 82.2 Å². The summed E-state index contributed by atoms with van der Waals surface area (Å²) in [5.74, 6) is -1.32. The number of hydrogen-bond donors (Lipinski definition) is 3. The van der Waals surface area contributed by atoms with Crippen LogP contribution in [-0.2, 0) is 4.79 Å². The number of allylic oxidation sites excluding steroid dienone is 3. The van der Waals surface area contributed by atoms with Crippen LogP contribution >= 0.6 is 0 Å². The Hall–Kier alpha value is -3.17. The molecule has 2 rings (SSSR count). The third-order valence-corrected chi connectivity index (χ3v) is 3.94. The van der Waals surface area contributed by atoms with Crippen molar-refractivity contribution in [2.75, 3.05) is 6.54 Å². The number of pyridine rings is 1. The Bertz CT molecular complexity index is 973. The molecule has 3 N–H and O–H groups in total. The molecule has 6 nitrogen and oxygen atoms in total. The number of fused-ring (bicyclic) bond motifs is 1. The molecule has 0 aromatic carbocycles. The van der Waals surface area contributed by atoms with Crippen molar-refractivity contribution in [2.24, 2.45) is 4.99 Å². The minimum absolute atomic E-state index is 0.474. The average molecular weight is 411 g/mol. The number of aliphatic imine (C=N–C) groups is 1. The van der Waals surface area contributed by atoms with Gasteiger partial charge in [0.2, 0.25) is 5.91 Å². The van der Waals surface area contributed by atoms with Crippen molar-refractivity contribution in [3.05, 3.63) is 47.8 Å². The Kier molecular flexibility index (Phi) is 6.45. The first kappa shape index (κ1) is 22.1. The van der Waals surface area contributed by atoms with Crippen LogP contribution in [0.4, 0.5) is 17.6 Å². The highest BCUT2D eigenvalue weighted by atomic mass is 19.4. The normalized spacial score (nSPS) is 13.5. The van der Waals surface area contributed by atoms with E-state index >= 15 is 0 Å². The van der Waals surface area contributed by atoms with Crippen LogP contribution in [0.2, 0.25) is 0 Å². The molecule has 0 saturated carbocycles. The highest BCUT2D eigenvalue weighted by Gasteiger charge is 2.33. The fourth-order valence-corrected chi connectivity index (χ4v) is 2.72. The van der Waals surface area contributed by atoms with Crippen molar-refractivity contribution in [2.45, 2.75) is 32.5 Å². The molecule has 2 aromatic heterocycles. The molecular formula is C19H21F4N5O. The van der Waals surface area contributed by atoms with Crippen LogP contribution in [0.3, 0.4) is 0 Å². The van der Waals surface area contributed by atoms with Crippen LogP contribution in [0.15, 0.2) is 41.4 Å². The fraction of sp³-hybridized carbons (Fsp3) is 0.316. The number of hydrogen-bond acceptors (Lipinski definition) is 4. The van der Waals surface area contributed by atoms with E-state index in [0.29, 0.717) is 27.9 Å². The van der Waals surface area contributed by atoms with Crippen LogP contribution < -0.4 is 10.6 Å². The predicted molar refractivity (Wildman–Crippen MR) is 104 cm³/mol. The van der Waals surface area contributed by atoms with Gasteiger partial charge in [0.05, 0.1) is 6.20 Å². The molecule has 2 heterocycles. The van der Waals surface area contributed by atoms with Crippen molar-refractivity contribution in [3.8, 4) is 0 Å². The Labute approximate surface area is 164 Å². The minimum Gasteiger partial charge on any atom is -0.375 e. The number of carbonyl (C=O) groups is 1. The quantitative estimate of drug-likeness (QED) is 0.369. The van der Waals surface area contributed by atoms with Crippen LogP contribution in [0, 0.1) is 5.82 Å². The number of alkyl halides is 3. The highest BCUT2D eigenvalue weighted by molar-refractivity contribution is 5.93. The molecule has 156 valence electrons. The zero-order valence-electron chi connectivity index (χ0n) is 16.1. The van der Waals surface area contributed by atoms with E-state index in [1.54, 1.807) is 19.2 Å². The summed E-state index contributed by atoms with van der Waals surface area (Å²) in [5, 5.41) is 5.25. The number of aromatic nitrogens is 2. The molecule has 0 aliphatic carbocycles. The maximum absolute atomic E-state index is 13.6. The average Bonchev–Trinajstić information content (AvgIpc) is 3.01. The Balaban J connectivity index is 2.26. The van der Waals surface area contributed by atoms with Crippen molar-refractivity contribution >= 4 is 29.2 Å². The molecular weight excluding hydrogens is 390 g/mol. The smallest absolute Gasteiger partial charge is 0.375 e. The fourth-order valence-electron chi connectivity index (χ4n) is 2.72. The summed E-state index contributed by atoms with van der Waals surface area (Å²) in [6.45, 7) is 6.55. The second-order valence-corrected chi connectivity index (χ2v) is 6.89. The van der Waals surface area contributed by atoms with Crippen LogP contribution in [-0.4, -0.2) is 40.9 Å². The zero-order chi connectivity index (χ0) is 21.8. The lowest BCUT2D eigenvalue weighted by Crippen LogP contribution is -2.53. The number of H-pyrrole nitrogens is 1. The summed E-state index contributed by atoms with van der Waals surface area (Å²) >= 11 is 0. The summed E-state index contributed by atoms with van der Waals surface area (Å²) in [5.41, 5.74) is 0.773. The first-order valence-corrected chi connectivity index (χ1v) is 8.53. The molecule has 0 radical (unpaired) electrons. The molecule has 2 aromatic rings. The lowest BCUT2D eigenvalue weighted by atomic mass is 10.0. The van der Waals surface area contributed by atoms with Crippen molar-refractivity contribution < 1.29 is 22.4 Å². The van der Waals surface area contributed by atoms with E-state index in [1.165, 1.54) is 26.1 Å². The Morgan fingerprint density at radius 1 is 1.38 bits per heavy atom. The van der Waals surface area contributed by atoms with Gasteiger partial charge in [0.15, 0.2) is 0 Å². The molecule has 0 atom stereocenters. The second kappa shape index (κ2) is 8.46. The van der Waals surface area contributed by atoms with E-state index in [9.17, 15) is 22.4 Å². The number of nitrogens with one attached hydrogen (secondary N) is 3. The third kappa shape index (κ3) is 5.90. The van der Waals surface area contributed by atoms with Gasteiger partial charge in [0, 0.05) is 34.6 Å². The maximum Gasteiger partial charge on any atom is 0.405 e. The van der Waals surface area contributed by atoms with Gasteiger partial charge in [-0.1, -0.05) is 0 Å². The summed E-state index contributed by atoms with van der Waals surface area (Å²) < 4.78 is 50.6. The molecule has 0 spiro atoms. The van der Waals surface area contributed by atoms with E-state index in [0.717, 1.165) is 6.20 Å². The molecule has 0 aliphatic heterocycles. The van der Waals surface area contributed by atoms with E-state index in [4.69, 9.17) is 0 Å². The number of halogens is 4. The molecule has 29 heavy (non-hydrogen) atoms. The van der Waals surface area contributed by atoms with E-state index in [-0.39, 0.29) is 0 Å². The Morgan fingerprint density at radius 2 is 2.07 bits per heavy atom. The Morgan fingerprint density at radius 3 is 2.69 bits per heavy atom. The van der Waals surface area contributed by atoms with Crippen molar-refractivity contribution in [1.29, 1.82) is 0 Å². The summed E-state index contributed by atoms with van der Waals surface area (Å²) in [7, 11) is 0. The largest absolute Gasteiger partial charge is 0.405 e. The van der Waals surface area contributed by atoms with Crippen LogP contribution in [0.5, 0.6) is 0 Å². The van der Waals surface area contributed by atoms with Crippen LogP contribution in [0.25, 0.3) is 16.6 Å². The van der Waals surface area contributed by atoms with E-state index < -0.39 is 30.0 Å². The molecule has 0 unspecified atom stereocenters. The molecule has 0 bridgehead atoms. The standard InChI is InChI=1S/C19H21F4N5O/c1-11(28-18(2,3)17(29)27-10-19(21,22)23)5-12(7-24-4)15-9-26-16-14(15)6-13(20)8-25-16/h5-9,28H,4,10H2,1-3H3,(H,25,26)(H,27,29)/b11-5+,12-7+. The molecule has 10 heteroatoms. The highest BCUT2D eigenvalue weighted by Crippen LogP contribution is 2.26. The first-order chi connectivity index (χ1) is 13.4. The summed E-state index contributed by atoms with van der Waals surface area (Å²) in [4.78, 5) is 22.7. The van der Waals surface area contributed by atoms with Crippen LogP contribution in [0.1, 0.15) is 26.3 Å². The second-order valence-electron chi connectivity index (χ2n) is 6.89. The van der Waals surface area contributed by atoms with Gasteiger partial charge in [0.25, 0.3) is 0 Å². The predicted octanol–water partition coefficient (Wildman–Crippen LogP) is 3.69. The number of rotatable bonds is 7. The van der Waals surface area contributed by atoms with Gasteiger partial charge < -0.3 is 15.6 Å². The van der Waals surface area contributed by atoms with Gasteiger partial charge in [-0.3, -0.25) is 9.79 Å². The summed E-state index contributed by atoms with van der Waals surface area (Å²) in [6.07, 6.45) is 1.28. The van der Waals surface area contributed by atoms with Gasteiger partial charge in [-0.25, -0.2) is 9.37 Å². The zero-order valence-corrected chi connectivity index (χ0v) is 16.1. The van der Waals surface area contributed by atoms with Gasteiger partial charge in [-0.15, -0.1) is 0 Å². The van der Waals surface area contributed by atoms with Crippen molar-refractivity contribution in [3.63, 3.8) is 0 Å². The molecule has 1 amide bonds. The molecule has 0 fully saturated rings. The minimum atomic E-state index is -4.50. The third-order valence-electron chi connectivity index (χ3n) is 3.94. The van der Waals surface area contributed by atoms with Gasteiger partial charge in [-0.05, 0) is 39.6 Å². The lowest BCUT2D eigenvalue weighted by Gasteiger charge is -2.27. The monoisotopic (exact) mass is 411 g/mol. The molecule has 0 saturated heterocycles. The first-order valence-electron chi connectivity index (χ1n) is 8.53. The number of carbonyl (C=O) groups excluding carboxylic acids is 1. The number of amides is 1. The van der Waals surface area contributed by atoms with Gasteiger partial charge in [0.1, 0.15) is 23.5 Å².